The summed E-state index contributed by atoms with van der Waals surface area (Å²) in [6.07, 6.45) is -1.30. The molecule has 0 radical (unpaired) electrons. The van der Waals surface area contributed by atoms with Crippen LogP contribution in [0.2, 0.25) is 21.6 Å². The maximum atomic E-state index is 13.0. The van der Waals surface area contributed by atoms with Gasteiger partial charge in [-0.3, -0.25) is 4.79 Å². The average Bonchev–Trinajstić information content (AvgIpc) is 2.60. The third-order valence-corrected chi connectivity index (χ3v) is 12.1. The second-order valence-corrected chi connectivity index (χ2v) is 14.1. The van der Waals surface area contributed by atoms with Crippen LogP contribution in [0.1, 0.15) is 60.1 Å². The van der Waals surface area contributed by atoms with Crippen LogP contribution in [0.4, 0.5) is 4.79 Å². The number of carbonyl (C=O) groups is 2. The third kappa shape index (κ3) is 4.00. The maximum absolute atomic E-state index is 13.0. The van der Waals surface area contributed by atoms with E-state index in [2.05, 4.69) is 41.5 Å². The minimum atomic E-state index is -2.30. The molecule has 28 heavy (non-hydrogen) atoms. The molecule has 2 amide bonds. The minimum Gasteiger partial charge on any atom is -0.449 e. The highest BCUT2D eigenvalue weighted by molar-refractivity contribution is 6.77. The molecule has 1 saturated heterocycles. The summed E-state index contributed by atoms with van der Waals surface area (Å²) in [5, 5.41) is 0.602. The molecule has 5 nitrogen and oxygen atoms in total. The number of ether oxygens (including phenoxy) is 1. The summed E-state index contributed by atoms with van der Waals surface area (Å²) in [4.78, 5) is 26.6. The lowest BCUT2D eigenvalue weighted by Gasteiger charge is -2.51. The Morgan fingerprint density at radius 1 is 1.07 bits per heavy atom. The molecule has 2 rings (SSSR count). The summed E-state index contributed by atoms with van der Waals surface area (Å²) in [6.45, 7) is 15.0. The molecule has 1 heterocycles. The summed E-state index contributed by atoms with van der Waals surface area (Å²) in [5.41, 5.74) is 1.83. The summed E-state index contributed by atoms with van der Waals surface area (Å²) in [5.74, 6) is -0.322. The van der Waals surface area contributed by atoms with Crippen molar-refractivity contribution in [3.8, 4) is 0 Å². The second kappa shape index (κ2) is 8.97. The van der Waals surface area contributed by atoms with E-state index in [1.165, 1.54) is 4.90 Å². The molecule has 0 aliphatic carbocycles. The van der Waals surface area contributed by atoms with E-state index in [0.29, 0.717) is 21.6 Å². The lowest BCUT2D eigenvalue weighted by Crippen LogP contribution is -2.66. The molecule has 0 spiro atoms. The molecule has 1 aliphatic heterocycles. The summed E-state index contributed by atoms with van der Waals surface area (Å²) in [7, 11) is -2.30. The van der Waals surface area contributed by atoms with E-state index in [9.17, 15) is 9.59 Å². The highest BCUT2D eigenvalue weighted by atomic mass is 35.5. The monoisotopic (exact) mass is 425 g/mol. The predicted molar refractivity (Wildman–Crippen MR) is 114 cm³/mol. The van der Waals surface area contributed by atoms with Gasteiger partial charge in [-0.05, 0) is 41.2 Å². The Labute approximate surface area is 174 Å². The van der Waals surface area contributed by atoms with Gasteiger partial charge in [0.2, 0.25) is 8.32 Å². The van der Waals surface area contributed by atoms with Crippen LogP contribution in [-0.4, -0.2) is 37.9 Å². The number of carbonyl (C=O) groups excluding carboxylic acids is 2. The Kier molecular flexibility index (Phi) is 7.34. The molecule has 0 aromatic heterocycles. The van der Waals surface area contributed by atoms with Gasteiger partial charge >= 0.3 is 6.09 Å². The van der Waals surface area contributed by atoms with Crippen molar-refractivity contribution in [3.63, 3.8) is 0 Å². The molecule has 0 saturated carbocycles. The standard InChI is InChI=1S/C21H32ClNO4Si/c1-8-26-21(25)23-18(16-9-11-17(22)12-10-16)19(20(23)24)27-28(13(2)3,14(4)5)15(6)7/h9-15,18-19H,8H2,1-7H3/t18-,19+/m0/s1. The first-order valence-electron chi connectivity index (χ1n) is 10.0. The fraction of sp³-hybridized carbons (Fsp3) is 0.619. The summed E-state index contributed by atoms with van der Waals surface area (Å²) < 4.78 is 11.8. The topological polar surface area (TPSA) is 55.8 Å². The molecule has 0 unspecified atom stereocenters. The van der Waals surface area contributed by atoms with E-state index in [-0.39, 0.29) is 12.5 Å². The van der Waals surface area contributed by atoms with E-state index in [1.54, 1.807) is 19.1 Å². The van der Waals surface area contributed by atoms with Gasteiger partial charge < -0.3 is 9.16 Å². The highest BCUT2D eigenvalue weighted by Crippen LogP contribution is 2.48. The van der Waals surface area contributed by atoms with Crippen LogP contribution in [0.15, 0.2) is 24.3 Å². The van der Waals surface area contributed by atoms with Gasteiger partial charge in [0, 0.05) is 5.02 Å². The first-order valence-corrected chi connectivity index (χ1v) is 12.5. The number of β-lactam (4-membered cyclic amide) rings is 1. The van der Waals surface area contributed by atoms with Gasteiger partial charge in [0.25, 0.3) is 5.91 Å². The Balaban J connectivity index is 2.44. The summed E-state index contributed by atoms with van der Waals surface area (Å²) >= 11 is 6.03. The number of hydrogen-bond donors (Lipinski definition) is 0. The van der Waals surface area contributed by atoms with Gasteiger partial charge in [0.1, 0.15) is 6.04 Å². The third-order valence-electron chi connectivity index (χ3n) is 5.76. The normalized spacial score (nSPS) is 20.1. The number of amides is 2. The lowest BCUT2D eigenvalue weighted by molar-refractivity contribution is -0.161. The van der Waals surface area contributed by atoms with Crippen molar-refractivity contribution >= 4 is 31.9 Å². The zero-order valence-corrected chi connectivity index (χ0v) is 19.6. The molecular weight excluding hydrogens is 394 g/mol. The van der Waals surface area contributed by atoms with Crippen molar-refractivity contribution in [3.05, 3.63) is 34.9 Å². The second-order valence-electron chi connectivity index (χ2n) is 8.26. The Bertz CT molecular complexity index is 683. The van der Waals surface area contributed by atoms with Crippen LogP contribution in [-0.2, 0) is 14.0 Å². The molecule has 0 bridgehead atoms. The van der Waals surface area contributed by atoms with Crippen molar-refractivity contribution in [2.75, 3.05) is 6.61 Å². The fourth-order valence-electron chi connectivity index (χ4n) is 4.59. The minimum absolute atomic E-state index is 0.212. The van der Waals surface area contributed by atoms with Crippen molar-refractivity contribution in [2.24, 2.45) is 0 Å². The number of imide groups is 1. The van der Waals surface area contributed by atoms with Crippen LogP contribution in [0, 0.1) is 0 Å². The van der Waals surface area contributed by atoms with Gasteiger partial charge in [-0.15, -0.1) is 0 Å². The number of likely N-dealkylation sites (tertiary alicyclic amines) is 1. The van der Waals surface area contributed by atoms with Crippen molar-refractivity contribution in [2.45, 2.75) is 77.2 Å². The number of nitrogens with zero attached hydrogens (tertiary/aromatic N) is 1. The molecule has 156 valence electrons. The quantitative estimate of drug-likeness (QED) is 0.400. The van der Waals surface area contributed by atoms with Crippen molar-refractivity contribution in [1.82, 2.24) is 4.90 Å². The Morgan fingerprint density at radius 3 is 2.00 bits per heavy atom. The SMILES string of the molecule is CCOC(=O)N1C(=O)[C@H](O[Si](C(C)C)(C(C)C)C(C)C)[C@@H]1c1ccc(Cl)cc1. The molecule has 1 aromatic carbocycles. The molecule has 2 atom stereocenters. The number of hydrogen-bond acceptors (Lipinski definition) is 4. The van der Waals surface area contributed by atoms with Gasteiger partial charge in [-0.1, -0.05) is 65.3 Å². The Hall–Kier alpha value is -1.37. The molecule has 1 aliphatic rings. The van der Waals surface area contributed by atoms with Gasteiger partial charge in [-0.25, -0.2) is 9.69 Å². The average molecular weight is 426 g/mol. The highest BCUT2D eigenvalue weighted by Gasteiger charge is 2.58. The zero-order chi connectivity index (χ0) is 21.2. The number of benzene rings is 1. The largest absolute Gasteiger partial charge is 0.449 e. The van der Waals surface area contributed by atoms with E-state index >= 15 is 0 Å². The smallest absolute Gasteiger partial charge is 0.417 e. The molecule has 1 fully saturated rings. The van der Waals surface area contributed by atoms with Gasteiger partial charge in [0.15, 0.2) is 6.10 Å². The molecular formula is C21H32ClNO4Si. The lowest BCUT2D eigenvalue weighted by atomic mass is 9.91. The van der Waals surface area contributed by atoms with Crippen LogP contribution in [0.5, 0.6) is 0 Å². The van der Waals surface area contributed by atoms with Crippen LogP contribution < -0.4 is 0 Å². The molecule has 1 aromatic rings. The van der Waals surface area contributed by atoms with Gasteiger partial charge in [-0.2, -0.15) is 0 Å². The van der Waals surface area contributed by atoms with E-state index < -0.39 is 26.6 Å². The zero-order valence-electron chi connectivity index (χ0n) is 17.9. The van der Waals surface area contributed by atoms with Crippen LogP contribution >= 0.6 is 11.6 Å². The Morgan fingerprint density at radius 2 is 1.57 bits per heavy atom. The van der Waals surface area contributed by atoms with E-state index in [4.69, 9.17) is 20.8 Å². The van der Waals surface area contributed by atoms with Gasteiger partial charge in [0.05, 0.1) is 6.61 Å². The van der Waals surface area contributed by atoms with Crippen molar-refractivity contribution in [1.29, 1.82) is 0 Å². The summed E-state index contributed by atoms with van der Waals surface area (Å²) in [6, 6.07) is 6.71. The number of halogens is 1. The van der Waals surface area contributed by atoms with E-state index in [0.717, 1.165) is 5.56 Å². The fourth-order valence-corrected chi connectivity index (χ4v) is 10.2. The van der Waals surface area contributed by atoms with E-state index in [1.807, 2.05) is 12.1 Å². The molecule has 7 heteroatoms. The first-order chi connectivity index (χ1) is 13.1. The maximum Gasteiger partial charge on any atom is 0.417 e. The predicted octanol–water partition coefficient (Wildman–Crippen LogP) is 5.94. The van der Waals surface area contributed by atoms with Crippen LogP contribution in [0.25, 0.3) is 0 Å². The van der Waals surface area contributed by atoms with Crippen LogP contribution in [0.3, 0.4) is 0 Å². The van der Waals surface area contributed by atoms with Crippen molar-refractivity contribution < 1.29 is 18.8 Å². The first kappa shape index (κ1) is 22.9. The molecule has 0 N–H and O–H groups in total. The number of rotatable bonds is 7.